The molecule has 0 bridgehead atoms. The lowest BCUT2D eigenvalue weighted by Gasteiger charge is -2.02. The molecule has 0 fully saturated rings. The van der Waals surface area contributed by atoms with Crippen molar-refractivity contribution >= 4 is 29.8 Å². The Morgan fingerprint density at radius 2 is 1.86 bits per heavy atom. The van der Waals surface area contributed by atoms with E-state index in [1.165, 1.54) is 6.08 Å². The van der Waals surface area contributed by atoms with Crippen LogP contribution in [0.4, 0.5) is 0 Å². The zero-order chi connectivity index (χ0) is 20.8. The molecule has 0 atom stereocenters. The molecular formula is C20H18N2O6S. The van der Waals surface area contributed by atoms with Crippen LogP contribution in [0.15, 0.2) is 55.4 Å². The zero-order valence-electron chi connectivity index (χ0n) is 15.7. The van der Waals surface area contributed by atoms with Crippen LogP contribution in [0.5, 0.6) is 0 Å². The van der Waals surface area contributed by atoms with Crippen LogP contribution in [-0.2, 0) is 16.0 Å². The Morgan fingerprint density at radius 3 is 2.48 bits per heavy atom. The molecule has 2 aromatic heterocycles. The van der Waals surface area contributed by atoms with Crippen molar-refractivity contribution in [1.29, 1.82) is 0 Å². The molecule has 29 heavy (non-hydrogen) atoms. The molecule has 3 aromatic rings. The van der Waals surface area contributed by atoms with Gasteiger partial charge in [0.1, 0.15) is 16.4 Å². The lowest BCUT2D eigenvalue weighted by Crippen LogP contribution is -2.03. The minimum absolute atomic E-state index is 0.0186. The van der Waals surface area contributed by atoms with Gasteiger partial charge in [-0.3, -0.25) is 0 Å². The zero-order valence-corrected chi connectivity index (χ0v) is 16.6. The summed E-state index contributed by atoms with van der Waals surface area (Å²) in [6.45, 7) is 3.91. The van der Waals surface area contributed by atoms with Crippen molar-refractivity contribution in [2.75, 3.05) is 6.61 Å². The highest BCUT2D eigenvalue weighted by molar-refractivity contribution is 8.03. The molecule has 0 saturated carbocycles. The lowest BCUT2D eigenvalue weighted by atomic mass is 10.1. The molecule has 9 heteroatoms. The fraction of sp³-hybridized carbons (Fsp3) is 0.200. The summed E-state index contributed by atoms with van der Waals surface area (Å²) in [6.07, 6.45) is 1.95. The first kappa shape index (κ1) is 20.4. The van der Waals surface area contributed by atoms with Crippen molar-refractivity contribution in [3.05, 3.63) is 58.5 Å². The number of carboxylic acids is 1. The molecule has 1 aromatic carbocycles. The second-order valence-corrected chi connectivity index (χ2v) is 6.72. The Bertz CT molecular complexity index is 1040. The SMILES string of the molecule is CCOC(=O)c1ccc(-c2ccc(/C=C(/Sc3nnc(CC)o3)C(=O)O)o2)cc1. The van der Waals surface area contributed by atoms with Gasteiger partial charge < -0.3 is 18.7 Å². The maximum absolute atomic E-state index is 11.7. The Balaban J connectivity index is 1.78. The molecule has 0 aliphatic rings. The number of aryl methyl sites for hydroxylation is 1. The van der Waals surface area contributed by atoms with Gasteiger partial charge in [0.25, 0.3) is 5.22 Å². The van der Waals surface area contributed by atoms with E-state index in [-0.39, 0.29) is 10.1 Å². The number of carbonyl (C=O) groups is 2. The van der Waals surface area contributed by atoms with Crippen LogP contribution < -0.4 is 0 Å². The van der Waals surface area contributed by atoms with Gasteiger partial charge in [0.05, 0.1) is 12.2 Å². The Morgan fingerprint density at radius 1 is 1.10 bits per heavy atom. The van der Waals surface area contributed by atoms with Gasteiger partial charge in [0, 0.05) is 18.1 Å². The molecule has 0 spiro atoms. The summed E-state index contributed by atoms with van der Waals surface area (Å²) in [5.74, 6) is -0.202. The first-order valence-corrected chi connectivity index (χ1v) is 9.64. The predicted molar refractivity (Wildman–Crippen MR) is 105 cm³/mol. The van der Waals surface area contributed by atoms with Crippen molar-refractivity contribution in [3.8, 4) is 11.3 Å². The number of furan rings is 1. The number of benzene rings is 1. The molecule has 0 radical (unpaired) electrons. The molecule has 1 N–H and O–H groups in total. The molecule has 150 valence electrons. The third-order valence-electron chi connectivity index (χ3n) is 3.74. The fourth-order valence-electron chi connectivity index (χ4n) is 2.35. The standard InChI is InChI=1S/C20H18N2O6S/c1-3-17-21-22-20(28-17)29-16(18(23)24)11-14-9-10-15(27-14)12-5-7-13(8-6-12)19(25)26-4-2/h5-11H,3-4H2,1-2H3,(H,23,24)/b16-11+. The third kappa shape index (κ3) is 5.14. The maximum Gasteiger partial charge on any atom is 0.342 e. The summed E-state index contributed by atoms with van der Waals surface area (Å²) in [4.78, 5) is 23.3. The molecule has 2 heterocycles. The highest BCUT2D eigenvalue weighted by Crippen LogP contribution is 2.30. The topological polar surface area (TPSA) is 116 Å². The second-order valence-electron chi connectivity index (χ2n) is 5.73. The summed E-state index contributed by atoms with van der Waals surface area (Å²) >= 11 is 0.853. The van der Waals surface area contributed by atoms with Crippen molar-refractivity contribution in [1.82, 2.24) is 10.2 Å². The van der Waals surface area contributed by atoms with E-state index in [0.717, 1.165) is 17.3 Å². The molecule has 0 aliphatic heterocycles. The smallest absolute Gasteiger partial charge is 0.342 e. The molecule has 0 unspecified atom stereocenters. The average molecular weight is 414 g/mol. The van der Waals surface area contributed by atoms with E-state index in [1.807, 2.05) is 6.92 Å². The average Bonchev–Trinajstić information content (AvgIpc) is 3.37. The van der Waals surface area contributed by atoms with E-state index in [9.17, 15) is 14.7 Å². The van der Waals surface area contributed by atoms with Gasteiger partial charge in [-0.1, -0.05) is 19.1 Å². The van der Waals surface area contributed by atoms with Crippen LogP contribution >= 0.6 is 11.8 Å². The minimum Gasteiger partial charge on any atom is -0.477 e. The van der Waals surface area contributed by atoms with E-state index < -0.39 is 11.9 Å². The van der Waals surface area contributed by atoms with E-state index in [0.29, 0.717) is 36.0 Å². The number of esters is 1. The maximum atomic E-state index is 11.7. The molecule has 8 nitrogen and oxygen atoms in total. The van der Waals surface area contributed by atoms with E-state index in [4.69, 9.17) is 13.6 Å². The van der Waals surface area contributed by atoms with Crippen LogP contribution in [0, 0.1) is 0 Å². The van der Waals surface area contributed by atoms with E-state index in [1.54, 1.807) is 43.3 Å². The van der Waals surface area contributed by atoms with E-state index in [2.05, 4.69) is 10.2 Å². The summed E-state index contributed by atoms with van der Waals surface area (Å²) in [6, 6.07) is 10.1. The number of rotatable bonds is 8. The number of hydrogen-bond acceptors (Lipinski definition) is 8. The molecule has 0 saturated heterocycles. The summed E-state index contributed by atoms with van der Waals surface area (Å²) in [7, 11) is 0. The van der Waals surface area contributed by atoms with Gasteiger partial charge >= 0.3 is 11.9 Å². The van der Waals surface area contributed by atoms with Crippen LogP contribution in [0.25, 0.3) is 17.4 Å². The summed E-state index contributed by atoms with van der Waals surface area (Å²) in [5, 5.41) is 17.2. The Kier molecular flexibility index (Phi) is 6.50. The number of aliphatic carboxylic acids is 1. The number of nitrogens with zero attached hydrogens (tertiary/aromatic N) is 2. The van der Waals surface area contributed by atoms with E-state index >= 15 is 0 Å². The van der Waals surface area contributed by atoms with Gasteiger partial charge in [-0.25, -0.2) is 9.59 Å². The molecular weight excluding hydrogens is 396 g/mol. The highest BCUT2D eigenvalue weighted by atomic mass is 32.2. The van der Waals surface area contributed by atoms with Crippen LogP contribution in [-0.4, -0.2) is 33.8 Å². The highest BCUT2D eigenvalue weighted by Gasteiger charge is 2.16. The van der Waals surface area contributed by atoms with Gasteiger partial charge in [-0.2, -0.15) is 0 Å². The van der Waals surface area contributed by atoms with Crippen molar-refractivity contribution in [2.24, 2.45) is 0 Å². The largest absolute Gasteiger partial charge is 0.477 e. The lowest BCUT2D eigenvalue weighted by molar-refractivity contribution is -0.131. The first-order valence-electron chi connectivity index (χ1n) is 8.82. The summed E-state index contributed by atoms with van der Waals surface area (Å²) in [5.41, 5.74) is 1.18. The normalized spacial score (nSPS) is 11.4. The number of carbonyl (C=O) groups excluding carboxylic acids is 1. The third-order valence-corrected chi connectivity index (χ3v) is 4.59. The fourth-order valence-corrected chi connectivity index (χ4v) is 3.02. The number of carboxylic acid groups (broad SMARTS) is 1. The van der Waals surface area contributed by atoms with Gasteiger partial charge in [0.2, 0.25) is 5.89 Å². The number of aromatic nitrogens is 2. The number of ether oxygens (including phenoxy) is 1. The van der Waals surface area contributed by atoms with Gasteiger partial charge in [-0.05, 0) is 43.0 Å². The predicted octanol–water partition coefficient (Wildman–Crippen LogP) is 4.29. The summed E-state index contributed by atoms with van der Waals surface area (Å²) < 4.78 is 16.0. The Labute approximate surface area is 170 Å². The van der Waals surface area contributed by atoms with Crippen LogP contribution in [0.3, 0.4) is 0 Å². The van der Waals surface area contributed by atoms with Crippen molar-refractivity contribution < 1.29 is 28.3 Å². The van der Waals surface area contributed by atoms with Crippen LogP contribution in [0.2, 0.25) is 0 Å². The van der Waals surface area contributed by atoms with Crippen molar-refractivity contribution in [2.45, 2.75) is 25.5 Å². The monoisotopic (exact) mass is 414 g/mol. The second kappa shape index (κ2) is 9.24. The molecule has 0 aliphatic carbocycles. The molecule has 3 rings (SSSR count). The van der Waals surface area contributed by atoms with Crippen molar-refractivity contribution in [3.63, 3.8) is 0 Å². The Hall–Kier alpha value is -3.33. The number of hydrogen-bond donors (Lipinski definition) is 1. The van der Waals surface area contributed by atoms with Gasteiger partial charge in [-0.15, -0.1) is 10.2 Å². The minimum atomic E-state index is -1.14. The van der Waals surface area contributed by atoms with Gasteiger partial charge in [0.15, 0.2) is 0 Å². The quantitative estimate of drug-likeness (QED) is 0.327. The molecule has 0 amide bonds. The first-order chi connectivity index (χ1) is 14.0. The number of thioether (sulfide) groups is 1. The van der Waals surface area contributed by atoms with Crippen LogP contribution in [0.1, 0.15) is 35.9 Å².